The highest BCUT2D eigenvalue weighted by Crippen LogP contribution is 2.29. The van der Waals surface area contributed by atoms with Crippen molar-refractivity contribution in [2.75, 3.05) is 44.4 Å². The number of nitrogens with zero attached hydrogens (tertiary/aromatic N) is 4. The summed E-state index contributed by atoms with van der Waals surface area (Å²) in [5, 5.41) is 16.8. The largest absolute Gasteiger partial charge is 0.481 e. The Hall–Kier alpha value is -2.86. The van der Waals surface area contributed by atoms with E-state index in [9.17, 15) is 14.3 Å². The lowest BCUT2D eigenvalue weighted by atomic mass is 10.1. The molecule has 0 spiro atoms. The molecule has 0 aliphatic carbocycles. The number of halogens is 1. The molecule has 2 aliphatic heterocycles. The Bertz CT molecular complexity index is 1250. The maximum atomic E-state index is 14.6. The zero-order chi connectivity index (χ0) is 24.4. The molecule has 0 radical (unpaired) electrons. The number of aliphatic hydroxyl groups excluding tert-OH is 1. The summed E-state index contributed by atoms with van der Waals surface area (Å²) in [4.78, 5) is 27.8. The van der Waals surface area contributed by atoms with Crippen LogP contribution in [0.2, 0.25) is 0 Å². The van der Waals surface area contributed by atoms with Crippen LogP contribution in [0.1, 0.15) is 11.3 Å². The second-order valence-corrected chi connectivity index (χ2v) is 9.78. The Morgan fingerprint density at radius 3 is 3.03 bits per heavy atom. The number of pyridine rings is 3. The van der Waals surface area contributed by atoms with Gasteiger partial charge in [0.1, 0.15) is 11.6 Å². The summed E-state index contributed by atoms with van der Waals surface area (Å²) in [6.07, 6.45) is 1.23. The molecular formula is C24H27FN6O3S. The van der Waals surface area contributed by atoms with Crippen LogP contribution in [-0.4, -0.2) is 76.0 Å². The van der Waals surface area contributed by atoms with E-state index in [0.717, 1.165) is 10.6 Å². The minimum atomic E-state index is -0.466. The number of thioether (sulfide) groups is 1. The number of fused-ring (bicyclic) bond motifs is 2. The highest BCUT2D eigenvalue weighted by Gasteiger charge is 2.31. The van der Waals surface area contributed by atoms with Crippen molar-refractivity contribution in [1.82, 2.24) is 25.2 Å². The molecule has 3 aromatic heterocycles. The molecule has 0 bridgehead atoms. The van der Waals surface area contributed by atoms with Gasteiger partial charge in [-0.1, -0.05) is 0 Å². The summed E-state index contributed by atoms with van der Waals surface area (Å²) in [5.41, 5.74) is 2.47. The summed E-state index contributed by atoms with van der Waals surface area (Å²) < 4.78 is 19.8. The van der Waals surface area contributed by atoms with Gasteiger partial charge in [0.2, 0.25) is 11.8 Å². The molecule has 11 heteroatoms. The molecule has 2 aliphatic rings. The molecule has 3 aromatic rings. The normalized spacial score (nSPS) is 20.1. The third kappa shape index (κ3) is 5.37. The van der Waals surface area contributed by atoms with E-state index in [-0.39, 0.29) is 17.6 Å². The second-order valence-electron chi connectivity index (χ2n) is 8.76. The fourth-order valence-corrected chi connectivity index (χ4v) is 5.27. The minimum Gasteiger partial charge on any atom is -0.481 e. The number of ether oxygens (including phenoxy) is 1. The van der Waals surface area contributed by atoms with Crippen molar-refractivity contribution in [3.63, 3.8) is 0 Å². The molecule has 1 amide bonds. The van der Waals surface area contributed by atoms with Crippen LogP contribution in [-0.2, 0) is 17.8 Å². The molecule has 5 rings (SSSR count). The van der Waals surface area contributed by atoms with Crippen molar-refractivity contribution in [3.05, 3.63) is 47.5 Å². The van der Waals surface area contributed by atoms with Gasteiger partial charge >= 0.3 is 0 Å². The highest BCUT2D eigenvalue weighted by atomic mass is 32.2. The molecule has 5 heterocycles. The van der Waals surface area contributed by atoms with E-state index in [1.54, 1.807) is 12.1 Å². The first-order valence-corrected chi connectivity index (χ1v) is 12.5. The maximum Gasteiger partial charge on any atom is 0.235 e. The zero-order valence-corrected chi connectivity index (χ0v) is 20.1. The van der Waals surface area contributed by atoms with Crippen LogP contribution in [0.3, 0.4) is 0 Å². The first kappa shape index (κ1) is 23.9. The van der Waals surface area contributed by atoms with Gasteiger partial charge in [0.15, 0.2) is 0 Å². The van der Waals surface area contributed by atoms with Gasteiger partial charge in [-0.25, -0.2) is 14.4 Å². The molecule has 9 nitrogen and oxygen atoms in total. The van der Waals surface area contributed by atoms with Gasteiger partial charge in [0.05, 0.1) is 46.8 Å². The molecule has 0 aromatic carbocycles. The van der Waals surface area contributed by atoms with Crippen LogP contribution in [0.25, 0.3) is 11.0 Å². The summed E-state index contributed by atoms with van der Waals surface area (Å²) in [6, 6.07) is 7.40. The van der Waals surface area contributed by atoms with Crippen LogP contribution in [0.4, 0.5) is 10.2 Å². The molecule has 3 N–H and O–H groups in total. The van der Waals surface area contributed by atoms with Crippen LogP contribution in [0.15, 0.2) is 35.4 Å². The molecule has 2 atom stereocenters. The summed E-state index contributed by atoms with van der Waals surface area (Å²) >= 11 is 1.49. The van der Waals surface area contributed by atoms with E-state index in [0.29, 0.717) is 73.2 Å². The van der Waals surface area contributed by atoms with Gasteiger partial charge in [0.25, 0.3) is 0 Å². The topological polar surface area (TPSA) is 112 Å². The van der Waals surface area contributed by atoms with E-state index >= 15 is 0 Å². The van der Waals surface area contributed by atoms with Crippen LogP contribution < -0.4 is 15.4 Å². The average Bonchev–Trinajstić information content (AvgIpc) is 3.21. The fourth-order valence-electron chi connectivity index (χ4n) is 4.51. The highest BCUT2D eigenvalue weighted by molar-refractivity contribution is 8.00. The third-order valence-electron chi connectivity index (χ3n) is 6.35. The Labute approximate surface area is 206 Å². The standard InChI is InChI=1S/C24H27FN6O3S/c1-34-22-5-3-18-23(30-22)16(17(25)10-27-18)6-7-31-11-14(19(32)12-31)8-26-9-15-2-4-20-24(28-15)29-21(33)13-35-20/h2-5,10,14,19,26,32H,6-9,11-13H2,1H3,(H,28,29,33)/t14-,19+/m0/s1. The SMILES string of the molecule is COc1ccc2ncc(F)c(CCN3C[C@H](CNCc4ccc5c(n4)NC(=O)CS5)[C@H](O)C3)c2n1. The number of hydrogen-bond donors (Lipinski definition) is 3. The monoisotopic (exact) mass is 498 g/mol. The van der Waals surface area contributed by atoms with Gasteiger partial charge in [-0.2, -0.15) is 0 Å². The lowest BCUT2D eigenvalue weighted by molar-refractivity contribution is -0.113. The number of aromatic nitrogens is 3. The summed E-state index contributed by atoms with van der Waals surface area (Å²) in [7, 11) is 1.53. The molecule has 184 valence electrons. The van der Waals surface area contributed by atoms with Crippen molar-refractivity contribution >= 4 is 34.5 Å². The molecule has 1 fully saturated rings. The van der Waals surface area contributed by atoms with E-state index < -0.39 is 6.10 Å². The first-order chi connectivity index (χ1) is 17.0. The number of likely N-dealkylation sites (tertiary alicyclic amines) is 1. The third-order valence-corrected chi connectivity index (χ3v) is 7.40. The van der Waals surface area contributed by atoms with E-state index in [1.807, 2.05) is 12.1 Å². The predicted octanol–water partition coefficient (Wildman–Crippen LogP) is 1.84. The minimum absolute atomic E-state index is 0.0381. The first-order valence-electron chi connectivity index (χ1n) is 11.5. The Kier molecular flexibility index (Phi) is 7.09. The number of carbonyl (C=O) groups is 1. The number of anilines is 1. The number of rotatable bonds is 8. The zero-order valence-electron chi connectivity index (χ0n) is 19.3. The molecule has 1 saturated heterocycles. The molecule has 35 heavy (non-hydrogen) atoms. The van der Waals surface area contributed by atoms with Crippen LogP contribution >= 0.6 is 11.8 Å². The number of methoxy groups -OCH3 is 1. The quantitative estimate of drug-likeness (QED) is 0.428. The number of carbonyl (C=O) groups excluding carboxylic acids is 1. The van der Waals surface area contributed by atoms with Crippen molar-refractivity contribution < 1.29 is 19.0 Å². The number of nitrogens with one attached hydrogen (secondary N) is 2. The smallest absolute Gasteiger partial charge is 0.235 e. The average molecular weight is 499 g/mol. The molecular weight excluding hydrogens is 471 g/mol. The van der Waals surface area contributed by atoms with Gasteiger partial charge < -0.3 is 25.4 Å². The predicted molar refractivity (Wildman–Crippen MR) is 131 cm³/mol. The molecule has 0 unspecified atom stereocenters. The van der Waals surface area contributed by atoms with Gasteiger partial charge in [-0.3, -0.25) is 9.78 Å². The fraction of sp³-hybridized carbons (Fsp3) is 0.417. The van der Waals surface area contributed by atoms with Gasteiger partial charge in [-0.05, 0) is 24.6 Å². The number of hydrogen-bond acceptors (Lipinski definition) is 9. The van der Waals surface area contributed by atoms with E-state index in [2.05, 4.69) is 30.5 Å². The van der Waals surface area contributed by atoms with Crippen molar-refractivity contribution in [1.29, 1.82) is 0 Å². The van der Waals surface area contributed by atoms with Crippen molar-refractivity contribution in [3.8, 4) is 5.88 Å². The Morgan fingerprint density at radius 2 is 2.17 bits per heavy atom. The molecule has 0 saturated carbocycles. The Morgan fingerprint density at radius 1 is 1.29 bits per heavy atom. The maximum absolute atomic E-state index is 14.6. The number of β-amino-alcohol motifs (C(OH)–C–C–N with tert-alkyl or cyclic N) is 1. The lowest BCUT2D eigenvalue weighted by Gasteiger charge is -2.18. The summed E-state index contributed by atoms with van der Waals surface area (Å²) in [6.45, 7) is 3.02. The van der Waals surface area contributed by atoms with Crippen LogP contribution in [0, 0.1) is 11.7 Å². The van der Waals surface area contributed by atoms with Crippen molar-refractivity contribution in [2.24, 2.45) is 5.92 Å². The number of amides is 1. The van der Waals surface area contributed by atoms with Gasteiger partial charge in [0, 0.05) is 50.3 Å². The Balaban J connectivity index is 1.15. The van der Waals surface area contributed by atoms with E-state index in [4.69, 9.17) is 4.74 Å². The second kappa shape index (κ2) is 10.4. The lowest BCUT2D eigenvalue weighted by Crippen LogP contribution is -2.30. The number of aliphatic hydroxyl groups is 1. The van der Waals surface area contributed by atoms with Crippen LogP contribution in [0.5, 0.6) is 5.88 Å². The summed E-state index contributed by atoms with van der Waals surface area (Å²) in [5.74, 6) is 1.08. The van der Waals surface area contributed by atoms with Crippen molar-refractivity contribution in [2.45, 2.75) is 24.0 Å². The van der Waals surface area contributed by atoms with E-state index in [1.165, 1.54) is 25.1 Å². The van der Waals surface area contributed by atoms with Gasteiger partial charge in [-0.15, -0.1) is 11.8 Å².